The van der Waals surface area contributed by atoms with Crippen LogP contribution in [0.15, 0.2) is 36.4 Å². The average molecular weight is 355 g/mol. The summed E-state index contributed by atoms with van der Waals surface area (Å²) in [4.78, 5) is 14.0. The van der Waals surface area contributed by atoms with Crippen molar-refractivity contribution in [3.8, 4) is 17.2 Å². The SMILES string of the molecule is COc1ccccc1CC(=O)c1ccc(O)c(C[NH+]2CCCCC2)c1[O-]. The maximum atomic E-state index is 12.8. The number of phenols is 1. The lowest BCUT2D eigenvalue weighted by atomic mass is 9.98. The van der Waals surface area contributed by atoms with Crippen molar-refractivity contribution in [1.82, 2.24) is 0 Å². The standard InChI is InChI=1S/C21H25NO4/c1-26-20-8-4-3-7-15(20)13-19(24)16-9-10-18(23)17(21(16)25)14-22-11-5-2-6-12-22/h3-4,7-10,23,25H,2,5-6,11-14H2,1H3. The van der Waals surface area contributed by atoms with Crippen molar-refractivity contribution in [2.24, 2.45) is 0 Å². The molecular formula is C21H25NO4. The second-order valence-electron chi connectivity index (χ2n) is 6.84. The minimum absolute atomic E-state index is 0.0121. The number of likely N-dealkylation sites (tertiary alicyclic amines) is 1. The molecule has 1 aliphatic heterocycles. The highest BCUT2D eigenvalue weighted by Gasteiger charge is 2.19. The fourth-order valence-corrected chi connectivity index (χ4v) is 3.60. The monoisotopic (exact) mass is 355 g/mol. The van der Waals surface area contributed by atoms with E-state index in [4.69, 9.17) is 4.74 Å². The number of carbonyl (C=O) groups is 1. The molecule has 2 N–H and O–H groups in total. The van der Waals surface area contributed by atoms with Crippen LogP contribution in [-0.2, 0) is 13.0 Å². The van der Waals surface area contributed by atoms with Crippen LogP contribution < -0.4 is 14.7 Å². The zero-order chi connectivity index (χ0) is 18.5. The summed E-state index contributed by atoms with van der Waals surface area (Å²) in [6.45, 7) is 2.47. The average Bonchev–Trinajstić information content (AvgIpc) is 2.66. The Morgan fingerprint density at radius 3 is 2.62 bits per heavy atom. The molecule has 0 aromatic heterocycles. The lowest BCUT2D eigenvalue weighted by Crippen LogP contribution is -3.11. The lowest BCUT2D eigenvalue weighted by molar-refractivity contribution is -0.918. The molecule has 0 unspecified atom stereocenters. The Labute approximate surface area is 153 Å². The minimum atomic E-state index is -0.344. The predicted molar refractivity (Wildman–Crippen MR) is 96.8 cm³/mol. The molecule has 1 saturated heterocycles. The van der Waals surface area contributed by atoms with Crippen LogP contribution in [0.2, 0.25) is 0 Å². The molecule has 0 spiro atoms. The molecule has 0 atom stereocenters. The van der Waals surface area contributed by atoms with Crippen molar-refractivity contribution < 1.29 is 24.6 Å². The highest BCUT2D eigenvalue weighted by Crippen LogP contribution is 2.29. The van der Waals surface area contributed by atoms with Crippen LogP contribution in [0.1, 0.15) is 40.7 Å². The summed E-state index contributed by atoms with van der Waals surface area (Å²) in [7, 11) is 1.56. The van der Waals surface area contributed by atoms with Crippen molar-refractivity contribution in [3.05, 3.63) is 53.1 Å². The summed E-state index contributed by atoms with van der Waals surface area (Å²) in [5, 5.41) is 23.0. The number of benzene rings is 2. The molecule has 5 nitrogen and oxygen atoms in total. The summed E-state index contributed by atoms with van der Waals surface area (Å²) in [6.07, 6.45) is 3.59. The molecule has 2 aromatic carbocycles. The predicted octanol–water partition coefficient (Wildman–Crippen LogP) is 1.47. The molecule has 1 fully saturated rings. The van der Waals surface area contributed by atoms with E-state index in [1.54, 1.807) is 13.2 Å². The Morgan fingerprint density at radius 1 is 1.15 bits per heavy atom. The van der Waals surface area contributed by atoms with E-state index in [2.05, 4.69) is 0 Å². The molecule has 2 aromatic rings. The van der Waals surface area contributed by atoms with Crippen molar-refractivity contribution >= 4 is 5.78 Å². The summed E-state index contributed by atoms with van der Waals surface area (Å²) in [6, 6.07) is 10.2. The number of carbonyl (C=O) groups excluding carboxylic acids is 1. The van der Waals surface area contributed by atoms with Gasteiger partial charge >= 0.3 is 0 Å². The minimum Gasteiger partial charge on any atom is -0.872 e. The smallest absolute Gasteiger partial charge is 0.166 e. The molecule has 1 aliphatic rings. The number of quaternary nitrogens is 1. The van der Waals surface area contributed by atoms with Gasteiger partial charge in [0.25, 0.3) is 0 Å². The van der Waals surface area contributed by atoms with Gasteiger partial charge in [-0.3, -0.25) is 4.79 Å². The van der Waals surface area contributed by atoms with Crippen LogP contribution in [0.5, 0.6) is 17.2 Å². The Balaban J connectivity index is 1.83. The molecule has 138 valence electrons. The third-order valence-corrected chi connectivity index (χ3v) is 5.07. The molecular weight excluding hydrogens is 330 g/mol. The number of nitrogens with one attached hydrogen (secondary N) is 1. The molecule has 26 heavy (non-hydrogen) atoms. The first-order valence-electron chi connectivity index (χ1n) is 9.10. The van der Waals surface area contributed by atoms with Crippen molar-refractivity contribution in [2.75, 3.05) is 20.2 Å². The van der Waals surface area contributed by atoms with E-state index >= 15 is 0 Å². The summed E-state index contributed by atoms with van der Waals surface area (Å²) in [5.74, 6) is 0.0179. The second-order valence-corrected chi connectivity index (χ2v) is 6.84. The number of phenolic OH excluding ortho intramolecular Hbond substituents is 1. The Bertz CT molecular complexity index is 782. The molecule has 0 radical (unpaired) electrons. The van der Waals surface area contributed by atoms with Crippen LogP contribution >= 0.6 is 0 Å². The Hall–Kier alpha value is -2.53. The molecule has 1 heterocycles. The zero-order valence-electron chi connectivity index (χ0n) is 15.1. The van der Waals surface area contributed by atoms with Crippen molar-refractivity contribution in [1.29, 1.82) is 0 Å². The number of Topliss-reactive ketones (excluding diaryl/α,β-unsaturated/α-hetero) is 1. The van der Waals surface area contributed by atoms with Gasteiger partial charge in [0.15, 0.2) is 5.78 Å². The lowest BCUT2D eigenvalue weighted by Gasteiger charge is -2.27. The van der Waals surface area contributed by atoms with E-state index in [0.717, 1.165) is 31.5 Å². The van der Waals surface area contributed by atoms with E-state index in [1.807, 2.05) is 18.2 Å². The first kappa shape index (κ1) is 18.3. The third kappa shape index (κ3) is 3.99. The number of rotatable bonds is 6. The van der Waals surface area contributed by atoms with Crippen LogP contribution in [0.4, 0.5) is 0 Å². The maximum absolute atomic E-state index is 12.8. The van der Waals surface area contributed by atoms with Crippen LogP contribution in [0.25, 0.3) is 0 Å². The largest absolute Gasteiger partial charge is 0.872 e. The van der Waals surface area contributed by atoms with Gasteiger partial charge in [0.1, 0.15) is 18.0 Å². The summed E-state index contributed by atoms with van der Waals surface area (Å²) < 4.78 is 5.28. The topological polar surface area (TPSA) is 74.0 Å². The van der Waals surface area contributed by atoms with Gasteiger partial charge in [0.2, 0.25) is 0 Å². The van der Waals surface area contributed by atoms with Gasteiger partial charge in [-0.1, -0.05) is 23.9 Å². The molecule has 5 heteroatoms. The van der Waals surface area contributed by atoms with Crippen LogP contribution in [0.3, 0.4) is 0 Å². The van der Waals surface area contributed by atoms with Crippen molar-refractivity contribution in [2.45, 2.75) is 32.2 Å². The van der Waals surface area contributed by atoms with Gasteiger partial charge in [-0.15, -0.1) is 0 Å². The summed E-state index contributed by atoms with van der Waals surface area (Å²) in [5.41, 5.74) is 1.24. The van der Waals surface area contributed by atoms with E-state index in [0.29, 0.717) is 17.9 Å². The first-order chi connectivity index (χ1) is 12.6. The van der Waals surface area contributed by atoms with Crippen LogP contribution in [0, 0.1) is 0 Å². The number of hydrogen-bond donors (Lipinski definition) is 2. The second kappa shape index (κ2) is 8.23. The fourth-order valence-electron chi connectivity index (χ4n) is 3.60. The summed E-state index contributed by atoms with van der Waals surface area (Å²) >= 11 is 0. The van der Waals surface area contributed by atoms with Gasteiger partial charge in [0.05, 0.1) is 20.2 Å². The van der Waals surface area contributed by atoms with Crippen molar-refractivity contribution in [3.63, 3.8) is 0 Å². The fraction of sp³-hybridized carbons (Fsp3) is 0.381. The Kier molecular flexibility index (Phi) is 5.78. The molecule has 0 bridgehead atoms. The number of para-hydroxylation sites is 1. The quantitative estimate of drug-likeness (QED) is 0.770. The van der Waals surface area contributed by atoms with Gasteiger partial charge in [-0.2, -0.15) is 0 Å². The highest BCUT2D eigenvalue weighted by molar-refractivity contribution is 6.00. The zero-order valence-corrected chi connectivity index (χ0v) is 15.1. The number of piperidine rings is 1. The van der Waals surface area contributed by atoms with E-state index in [1.165, 1.54) is 23.5 Å². The van der Waals surface area contributed by atoms with E-state index < -0.39 is 0 Å². The van der Waals surface area contributed by atoms with E-state index in [-0.39, 0.29) is 29.3 Å². The molecule has 3 rings (SSSR count). The highest BCUT2D eigenvalue weighted by atomic mass is 16.5. The number of ketones is 1. The van der Waals surface area contributed by atoms with Crippen LogP contribution in [-0.4, -0.2) is 31.1 Å². The first-order valence-corrected chi connectivity index (χ1v) is 9.10. The third-order valence-electron chi connectivity index (χ3n) is 5.07. The molecule has 0 amide bonds. The molecule has 0 saturated carbocycles. The number of methoxy groups -OCH3 is 1. The normalized spacial score (nSPS) is 15.0. The van der Waals surface area contributed by atoms with Gasteiger partial charge in [-0.25, -0.2) is 0 Å². The van der Waals surface area contributed by atoms with E-state index in [9.17, 15) is 15.0 Å². The van der Waals surface area contributed by atoms with Gasteiger partial charge in [0, 0.05) is 23.1 Å². The number of aromatic hydroxyl groups is 1. The number of hydrogen-bond acceptors (Lipinski definition) is 4. The maximum Gasteiger partial charge on any atom is 0.166 e. The Morgan fingerprint density at radius 2 is 1.88 bits per heavy atom. The molecule has 0 aliphatic carbocycles. The van der Waals surface area contributed by atoms with Gasteiger partial charge in [-0.05, 0) is 37.5 Å². The number of ether oxygens (including phenoxy) is 1. The van der Waals surface area contributed by atoms with Gasteiger partial charge < -0.3 is 19.8 Å².